The predicted octanol–water partition coefficient (Wildman–Crippen LogP) is 3.43. The van der Waals surface area contributed by atoms with Gasteiger partial charge in [0.15, 0.2) is 23.1 Å². The molecule has 0 amide bonds. The summed E-state index contributed by atoms with van der Waals surface area (Å²) in [5.41, 5.74) is 0.939. The van der Waals surface area contributed by atoms with Gasteiger partial charge in [-0.25, -0.2) is 34.9 Å². The Bertz CT molecular complexity index is 1490. The lowest BCUT2D eigenvalue weighted by Gasteiger charge is -2.29. The van der Waals surface area contributed by atoms with E-state index >= 15 is 0 Å². The highest BCUT2D eigenvalue weighted by molar-refractivity contribution is 5.68. The molecule has 0 aromatic carbocycles. The second-order valence-electron chi connectivity index (χ2n) is 9.02. The van der Waals surface area contributed by atoms with E-state index in [1.807, 2.05) is 4.90 Å². The Hall–Kier alpha value is -4.36. The number of methoxy groups -OCH3 is 1. The quantitative estimate of drug-likeness (QED) is 0.371. The molecule has 4 aromatic heterocycles. The molecule has 4 aromatic rings. The van der Waals surface area contributed by atoms with Gasteiger partial charge in [-0.1, -0.05) is 0 Å². The van der Waals surface area contributed by atoms with E-state index in [9.17, 15) is 13.2 Å². The van der Waals surface area contributed by atoms with Gasteiger partial charge in [-0.05, 0) is 12.8 Å². The van der Waals surface area contributed by atoms with E-state index in [1.165, 1.54) is 30.3 Å². The first-order valence-corrected chi connectivity index (χ1v) is 11.9. The fourth-order valence-corrected chi connectivity index (χ4v) is 4.34. The number of fused-ring (bicyclic) bond motifs is 1. The van der Waals surface area contributed by atoms with Crippen LogP contribution in [0.2, 0.25) is 0 Å². The Balaban J connectivity index is 1.28. The molecule has 14 heteroatoms. The molecular formula is C24H22F3N9O2. The van der Waals surface area contributed by atoms with Gasteiger partial charge < -0.3 is 18.9 Å². The zero-order valence-electron chi connectivity index (χ0n) is 20.5. The number of aryl methyl sites for hydroxylation is 1. The van der Waals surface area contributed by atoms with Crippen molar-refractivity contribution in [2.75, 3.05) is 25.2 Å². The first kappa shape index (κ1) is 24.0. The highest BCUT2D eigenvalue weighted by Crippen LogP contribution is 2.45. The van der Waals surface area contributed by atoms with E-state index in [0.29, 0.717) is 65.8 Å². The fourth-order valence-electron chi connectivity index (χ4n) is 4.34. The molecule has 2 aliphatic rings. The minimum Gasteiger partial charge on any atom is -0.486 e. The van der Waals surface area contributed by atoms with Gasteiger partial charge in [0.1, 0.15) is 30.1 Å². The number of hydrogen-bond donors (Lipinski definition) is 0. The normalized spacial score (nSPS) is 15.2. The van der Waals surface area contributed by atoms with E-state index < -0.39 is 11.9 Å². The zero-order chi connectivity index (χ0) is 26.4. The Morgan fingerprint density at radius 2 is 1.84 bits per heavy atom. The van der Waals surface area contributed by atoms with E-state index in [0.717, 1.165) is 24.7 Å². The summed E-state index contributed by atoms with van der Waals surface area (Å²) in [6.45, 7) is 1.26. The molecule has 38 heavy (non-hydrogen) atoms. The van der Waals surface area contributed by atoms with Gasteiger partial charge in [-0.2, -0.15) is 13.2 Å². The Kier molecular flexibility index (Phi) is 5.80. The summed E-state index contributed by atoms with van der Waals surface area (Å²) in [7, 11) is 3.04. The summed E-state index contributed by atoms with van der Waals surface area (Å²) < 4.78 is 51.7. The summed E-state index contributed by atoms with van der Waals surface area (Å²) in [5.74, 6) is 2.85. The molecule has 196 valence electrons. The van der Waals surface area contributed by atoms with Crippen LogP contribution >= 0.6 is 0 Å². The summed E-state index contributed by atoms with van der Waals surface area (Å²) >= 11 is 0. The summed E-state index contributed by atoms with van der Waals surface area (Å²) in [6.07, 6.45) is 4.52. The van der Waals surface area contributed by atoms with Crippen LogP contribution in [0, 0.1) is 0 Å². The molecule has 11 nitrogen and oxygen atoms in total. The molecule has 0 saturated heterocycles. The second-order valence-corrected chi connectivity index (χ2v) is 9.02. The fraction of sp³-hybridized carbons (Fsp3) is 0.375. The van der Waals surface area contributed by atoms with Crippen molar-refractivity contribution in [3.05, 3.63) is 48.3 Å². The van der Waals surface area contributed by atoms with E-state index in [2.05, 4.69) is 29.9 Å². The van der Waals surface area contributed by atoms with Crippen LogP contribution in [0.15, 0.2) is 31.1 Å². The number of halogens is 3. The number of anilines is 1. The third kappa shape index (κ3) is 4.46. The van der Waals surface area contributed by atoms with Crippen molar-refractivity contribution in [1.29, 1.82) is 0 Å². The van der Waals surface area contributed by atoms with Gasteiger partial charge in [0, 0.05) is 31.6 Å². The molecular weight excluding hydrogens is 503 g/mol. The lowest BCUT2D eigenvalue weighted by Crippen LogP contribution is -2.34. The van der Waals surface area contributed by atoms with E-state index in [1.54, 1.807) is 13.3 Å². The Morgan fingerprint density at radius 3 is 2.53 bits per heavy atom. The van der Waals surface area contributed by atoms with E-state index in [4.69, 9.17) is 14.5 Å². The topological polar surface area (TPSA) is 117 Å². The highest BCUT2D eigenvalue weighted by atomic mass is 19.4. The third-order valence-corrected chi connectivity index (χ3v) is 6.34. The van der Waals surface area contributed by atoms with Crippen LogP contribution in [0.25, 0.3) is 22.8 Å². The highest BCUT2D eigenvalue weighted by Gasteiger charge is 2.35. The van der Waals surface area contributed by atoms with Crippen LogP contribution in [0.4, 0.5) is 19.0 Å². The van der Waals surface area contributed by atoms with Crippen molar-refractivity contribution < 1.29 is 22.6 Å². The average molecular weight is 525 g/mol. The number of nitrogens with zero attached hydrogens (tertiary/aromatic N) is 9. The molecule has 0 radical (unpaired) electrons. The molecule has 5 heterocycles. The van der Waals surface area contributed by atoms with E-state index in [-0.39, 0.29) is 5.82 Å². The SMILES string of the molecule is COc1ncnc(C2CC2)c1-c1ncc2c(n1)N(Cc1ncc(-c3nc(C(F)(F)F)cn3C)cn1)CCO2. The molecule has 0 bridgehead atoms. The molecule has 1 fully saturated rings. The Morgan fingerprint density at radius 1 is 1.05 bits per heavy atom. The molecule has 1 aliphatic carbocycles. The standard InChI is InChI=1S/C24H22F3N9O2/c1-35-10-16(24(25,26)27)33-21(35)14-7-28-17(29-8-14)11-36-5-6-38-15-9-30-20(34-22(15)36)18-19(13-3-4-13)31-12-32-23(18)37-2/h7-10,12-13H,3-6,11H2,1-2H3. The Labute approximate surface area is 214 Å². The average Bonchev–Trinajstić information content (AvgIpc) is 3.69. The smallest absolute Gasteiger partial charge is 0.434 e. The number of aromatic nitrogens is 8. The largest absolute Gasteiger partial charge is 0.486 e. The maximum absolute atomic E-state index is 13.0. The third-order valence-electron chi connectivity index (χ3n) is 6.34. The van der Waals surface area contributed by atoms with Crippen LogP contribution in [0.3, 0.4) is 0 Å². The zero-order valence-corrected chi connectivity index (χ0v) is 20.5. The van der Waals surface area contributed by atoms with Crippen LogP contribution in [0.5, 0.6) is 11.6 Å². The van der Waals surface area contributed by atoms with Crippen LogP contribution in [0.1, 0.15) is 36.0 Å². The number of imidazole rings is 1. The summed E-state index contributed by atoms with van der Waals surface area (Å²) in [4.78, 5) is 32.5. The van der Waals surface area contributed by atoms with Crippen molar-refractivity contribution in [2.24, 2.45) is 7.05 Å². The van der Waals surface area contributed by atoms with Gasteiger partial charge in [-0.3, -0.25) is 0 Å². The monoisotopic (exact) mass is 525 g/mol. The van der Waals surface area contributed by atoms with Crippen LogP contribution in [-0.2, 0) is 19.8 Å². The van der Waals surface area contributed by atoms with Crippen LogP contribution < -0.4 is 14.4 Å². The molecule has 0 spiro atoms. The van der Waals surface area contributed by atoms with Gasteiger partial charge in [0.05, 0.1) is 37.7 Å². The van der Waals surface area contributed by atoms with Crippen LogP contribution in [-0.4, -0.2) is 59.7 Å². The first-order chi connectivity index (χ1) is 18.3. The van der Waals surface area contributed by atoms with Crippen molar-refractivity contribution in [3.63, 3.8) is 0 Å². The minimum atomic E-state index is -4.53. The molecule has 0 N–H and O–H groups in total. The maximum Gasteiger partial charge on any atom is 0.434 e. The lowest BCUT2D eigenvalue weighted by atomic mass is 10.1. The number of hydrogen-bond acceptors (Lipinski definition) is 10. The van der Waals surface area contributed by atoms with Crippen molar-refractivity contribution >= 4 is 5.82 Å². The first-order valence-electron chi connectivity index (χ1n) is 11.9. The maximum atomic E-state index is 13.0. The number of alkyl halides is 3. The molecule has 0 atom stereocenters. The van der Waals surface area contributed by atoms with Gasteiger partial charge >= 0.3 is 6.18 Å². The summed E-state index contributed by atoms with van der Waals surface area (Å²) in [6, 6.07) is 0. The second kappa shape index (κ2) is 9.19. The lowest BCUT2D eigenvalue weighted by molar-refractivity contribution is -0.140. The number of rotatable bonds is 6. The van der Waals surface area contributed by atoms with Crippen molar-refractivity contribution in [2.45, 2.75) is 31.5 Å². The minimum absolute atomic E-state index is 0.128. The molecule has 0 unspecified atom stereocenters. The van der Waals surface area contributed by atoms with Crippen molar-refractivity contribution in [3.8, 4) is 34.4 Å². The summed E-state index contributed by atoms with van der Waals surface area (Å²) in [5, 5.41) is 0. The van der Waals surface area contributed by atoms with Crippen molar-refractivity contribution in [1.82, 2.24) is 39.5 Å². The van der Waals surface area contributed by atoms with Gasteiger partial charge in [0.25, 0.3) is 0 Å². The predicted molar refractivity (Wildman–Crippen MR) is 127 cm³/mol. The van der Waals surface area contributed by atoms with Gasteiger partial charge in [0.2, 0.25) is 5.88 Å². The molecule has 1 saturated carbocycles. The number of ether oxygens (including phenoxy) is 2. The van der Waals surface area contributed by atoms with Gasteiger partial charge in [-0.15, -0.1) is 0 Å². The molecule has 6 rings (SSSR count). The molecule has 1 aliphatic heterocycles.